The van der Waals surface area contributed by atoms with E-state index in [1.165, 1.54) is 0 Å². The van der Waals surface area contributed by atoms with E-state index in [0.717, 1.165) is 5.75 Å². The third kappa shape index (κ3) is 4.49. The Morgan fingerprint density at radius 2 is 1.86 bits per heavy atom. The largest absolute Gasteiger partial charge is 0.496 e. The van der Waals surface area contributed by atoms with Gasteiger partial charge in [0.15, 0.2) is 0 Å². The van der Waals surface area contributed by atoms with Crippen LogP contribution >= 0.6 is 15.9 Å². The Bertz CT molecular complexity index is 598. The van der Waals surface area contributed by atoms with Crippen molar-refractivity contribution in [1.29, 1.82) is 0 Å². The average Bonchev–Trinajstić information content (AvgIpc) is 2.52. The van der Waals surface area contributed by atoms with Crippen LogP contribution in [-0.4, -0.2) is 26.3 Å². The van der Waals surface area contributed by atoms with Gasteiger partial charge in [-0.1, -0.05) is 18.2 Å². The lowest BCUT2D eigenvalue weighted by atomic mass is 10.2. The number of ether oxygens (including phenoxy) is 3. The second-order valence-electron chi connectivity index (χ2n) is 4.15. The number of hydrogen-bond donors (Lipinski definition) is 0. The van der Waals surface area contributed by atoms with E-state index in [4.69, 9.17) is 14.2 Å². The Balaban J connectivity index is 1.80. The number of esters is 1. The summed E-state index contributed by atoms with van der Waals surface area (Å²) in [6.45, 7) is 0.504. The summed E-state index contributed by atoms with van der Waals surface area (Å²) in [5.74, 6) is 1.02. The van der Waals surface area contributed by atoms with Crippen LogP contribution < -0.4 is 9.47 Å². The summed E-state index contributed by atoms with van der Waals surface area (Å²) in [5.41, 5.74) is 0.461. The predicted molar refractivity (Wildman–Crippen MR) is 82.9 cm³/mol. The average molecular weight is 351 g/mol. The first-order chi connectivity index (χ1) is 10.2. The summed E-state index contributed by atoms with van der Waals surface area (Å²) < 4.78 is 16.4. The first kappa shape index (κ1) is 15.4. The van der Waals surface area contributed by atoms with E-state index < -0.39 is 5.97 Å². The number of carbonyl (C=O) groups is 1. The second-order valence-corrected chi connectivity index (χ2v) is 5.00. The normalized spacial score (nSPS) is 10.0. The quantitative estimate of drug-likeness (QED) is 0.588. The first-order valence-electron chi connectivity index (χ1n) is 6.39. The highest BCUT2D eigenvalue weighted by Gasteiger charge is 2.10. The molecule has 0 aliphatic rings. The van der Waals surface area contributed by atoms with Crippen molar-refractivity contribution in [2.24, 2.45) is 0 Å². The Labute approximate surface area is 131 Å². The molecule has 5 heteroatoms. The monoisotopic (exact) mass is 350 g/mol. The summed E-state index contributed by atoms with van der Waals surface area (Å²) in [6, 6.07) is 14.4. The van der Waals surface area contributed by atoms with Gasteiger partial charge < -0.3 is 14.2 Å². The minimum Gasteiger partial charge on any atom is -0.496 e. The predicted octanol–water partition coefficient (Wildman–Crippen LogP) is 3.69. The molecular formula is C16H15BrO4. The molecule has 2 aromatic rings. The molecule has 0 atom stereocenters. The molecule has 0 amide bonds. The van der Waals surface area contributed by atoms with Crippen molar-refractivity contribution in [3.63, 3.8) is 0 Å². The van der Waals surface area contributed by atoms with Gasteiger partial charge in [-0.05, 0) is 46.3 Å². The van der Waals surface area contributed by atoms with Gasteiger partial charge in [0.2, 0.25) is 0 Å². The lowest BCUT2D eigenvalue weighted by Gasteiger charge is -2.08. The van der Waals surface area contributed by atoms with Crippen molar-refractivity contribution in [3.8, 4) is 11.5 Å². The molecule has 0 spiro atoms. The van der Waals surface area contributed by atoms with Gasteiger partial charge in [0, 0.05) is 0 Å². The molecule has 110 valence electrons. The molecule has 4 nitrogen and oxygen atoms in total. The van der Waals surface area contributed by atoms with Crippen molar-refractivity contribution in [2.45, 2.75) is 0 Å². The van der Waals surface area contributed by atoms with Gasteiger partial charge in [0.1, 0.15) is 24.7 Å². The van der Waals surface area contributed by atoms with Gasteiger partial charge in [-0.25, -0.2) is 4.79 Å². The third-order valence-electron chi connectivity index (χ3n) is 2.72. The number of benzene rings is 2. The highest BCUT2D eigenvalue weighted by Crippen LogP contribution is 2.25. The van der Waals surface area contributed by atoms with Gasteiger partial charge >= 0.3 is 5.97 Å². The van der Waals surface area contributed by atoms with E-state index in [9.17, 15) is 4.79 Å². The molecule has 0 saturated heterocycles. The highest BCUT2D eigenvalue weighted by atomic mass is 79.9. The molecule has 0 fully saturated rings. The van der Waals surface area contributed by atoms with Crippen molar-refractivity contribution in [3.05, 3.63) is 58.6 Å². The Morgan fingerprint density at radius 1 is 1.10 bits per heavy atom. The van der Waals surface area contributed by atoms with Crippen LogP contribution in [0, 0.1) is 0 Å². The number of hydrogen-bond acceptors (Lipinski definition) is 4. The maximum absolute atomic E-state index is 11.9. The molecule has 0 heterocycles. The van der Waals surface area contributed by atoms with E-state index >= 15 is 0 Å². The summed E-state index contributed by atoms with van der Waals surface area (Å²) in [4.78, 5) is 11.9. The van der Waals surface area contributed by atoms with Gasteiger partial charge in [0.25, 0.3) is 0 Å². The molecule has 2 aromatic carbocycles. The second kappa shape index (κ2) is 7.69. The Hall–Kier alpha value is -2.01. The number of para-hydroxylation sites is 1. The molecule has 0 aromatic heterocycles. The summed E-state index contributed by atoms with van der Waals surface area (Å²) >= 11 is 3.33. The SMILES string of the molecule is COc1ccc(C(=O)OCCOc2ccccc2)cc1Br. The van der Waals surface area contributed by atoms with Crippen LogP contribution in [0.3, 0.4) is 0 Å². The van der Waals surface area contributed by atoms with Crippen molar-refractivity contribution in [2.75, 3.05) is 20.3 Å². The van der Waals surface area contributed by atoms with Crippen LogP contribution in [0.25, 0.3) is 0 Å². The summed E-state index contributed by atoms with van der Waals surface area (Å²) in [7, 11) is 1.57. The minimum absolute atomic E-state index is 0.192. The van der Waals surface area contributed by atoms with Crippen LogP contribution in [-0.2, 0) is 4.74 Å². The minimum atomic E-state index is -0.394. The molecule has 0 unspecified atom stereocenters. The van der Waals surface area contributed by atoms with Crippen LogP contribution in [0.4, 0.5) is 0 Å². The topological polar surface area (TPSA) is 44.8 Å². The fourth-order valence-electron chi connectivity index (χ4n) is 1.69. The zero-order chi connectivity index (χ0) is 15.1. The number of halogens is 1. The van der Waals surface area contributed by atoms with E-state index in [0.29, 0.717) is 22.4 Å². The van der Waals surface area contributed by atoms with Gasteiger partial charge in [0.05, 0.1) is 17.1 Å². The van der Waals surface area contributed by atoms with Gasteiger partial charge in [-0.3, -0.25) is 0 Å². The fraction of sp³-hybridized carbons (Fsp3) is 0.188. The third-order valence-corrected chi connectivity index (χ3v) is 3.34. The molecule has 0 radical (unpaired) electrons. The lowest BCUT2D eigenvalue weighted by Crippen LogP contribution is -2.12. The highest BCUT2D eigenvalue weighted by molar-refractivity contribution is 9.10. The van der Waals surface area contributed by atoms with E-state index in [-0.39, 0.29) is 6.61 Å². The molecule has 0 saturated carbocycles. The standard InChI is InChI=1S/C16H15BrO4/c1-19-15-8-7-12(11-14(15)17)16(18)21-10-9-20-13-5-3-2-4-6-13/h2-8,11H,9-10H2,1H3. The fourth-order valence-corrected chi connectivity index (χ4v) is 2.23. The van der Waals surface area contributed by atoms with Crippen LogP contribution in [0.15, 0.2) is 53.0 Å². The van der Waals surface area contributed by atoms with Crippen molar-refractivity contribution < 1.29 is 19.0 Å². The number of methoxy groups -OCH3 is 1. The summed E-state index contributed by atoms with van der Waals surface area (Å²) in [6.07, 6.45) is 0. The van der Waals surface area contributed by atoms with Crippen LogP contribution in [0.2, 0.25) is 0 Å². The molecule has 21 heavy (non-hydrogen) atoms. The molecule has 0 N–H and O–H groups in total. The Morgan fingerprint density at radius 3 is 2.52 bits per heavy atom. The van der Waals surface area contributed by atoms with E-state index in [2.05, 4.69) is 15.9 Å². The maximum Gasteiger partial charge on any atom is 0.338 e. The lowest BCUT2D eigenvalue weighted by molar-refractivity contribution is 0.0450. The number of rotatable bonds is 6. The zero-order valence-corrected chi connectivity index (χ0v) is 13.1. The van der Waals surface area contributed by atoms with E-state index in [1.54, 1.807) is 25.3 Å². The molecule has 2 rings (SSSR count). The van der Waals surface area contributed by atoms with Crippen molar-refractivity contribution in [1.82, 2.24) is 0 Å². The smallest absolute Gasteiger partial charge is 0.338 e. The molecule has 0 aliphatic carbocycles. The van der Waals surface area contributed by atoms with E-state index in [1.807, 2.05) is 30.3 Å². The van der Waals surface area contributed by atoms with Crippen molar-refractivity contribution >= 4 is 21.9 Å². The van der Waals surface area contributed by atoms with Gasteiger partial charge in [-0.15, -0.1) is 0 Å². The summed E-state index contributed by atoms with van der Waals surface area (Å²) in [5, 5.41) is 0. The van der Waals surface area contributed by atoms with Crippen LogP contribution in [0.1, 0.15) is 10.4 Å². The van der Waals surface area contributed by atoms with Crippen LogP contribution in [0.5, 0.6) is 11.5 Å². The number of carbonyl (C=O) groups excluding carboxylic acids is 1. The molecule has 0 aliphatic heterocycles. The molecule has 0 bridgehead atoms. The first-order valence-corrected chi connectivity index (χ1v) is 7.18. The Kier molecular flexibility index (Phi) is 5.63. The maximum atomic E-state index is 11.9. The molecular weight excluding hydrogens is 336 g/mol. The van der Waals surface area contributed by atoms with Gasteiger partial charge in [-0.2, -0.15) is 0 Å². The zero-order valence-electron chi connectivity index (χ0n) is 11.5.